The number of nitrogens with zero attached hydrogens (tertiary/aromatic N) is 4. The minimum absolute atomic E-state index is 0.0769. The molecule has 0 bridgehead atoms. The quantitative estimate of drug-likeness (QED) is 0.160. The molecule has 10 nitrogen and oxygen atoms in total. The maximum atomic E-state index is 14.5. The van der Waals surface area contributed by atoms with E-state index in [2.05, 4.69) is 13.8 Å². The van der Waals surface area contributed by atoms with E-state index in [4.69, 9.17) is 14.6 Å². The van der Waals surface area contributed by atoms with Gasteiger partial charge in [-0.1, -0.05) is 44.2 Å². The van der Waals surface area contributed by atoms with Crippen LogP contribution >= 0.6 is 0 Å². The number of aromatic nitrogens is 2. The van der Waals surface area contributed by atoms with Crippen LogP contribution < -0.4 is 9.47 Å². The first-order valence-corrected chi connectivity index (χ1v) is 17.8. The zero-order valence-corrected chi connectivity index (χ0v) is 28.5. The molecule has 0 aliphatic carbocycles. The first-order chi connectivity index (χ1) is 23.5. The molecule has 11 heteroatoms. The molecule has 3 heterocycles. The SMILES string of the molecule is COc1ccc(C2=C(C#N)C(=O)N(C3CCS(=O)(=O)C3)C(=O)/C2=C\c2cn(-c3ccccc3)nc2-c2ccc(OCC(C)C)c(C)c2)cc1. The standard InChI is InChI=1S/C38H36N4O6S/c1-24(2)22-48-34-15-12-27(18-25(34)3)36-28(21-41(40-36)29-8-6-5-7-9-29)19-32-35(26-10-13-31(47-4)14-11-26)33(20-39)38(44)42(37(32)43)30-16-17-49(45,46)23-30/h5-15,18-19,21,24,30H,16-17,22-23H2,1-4H3/b32-19-. The van der Waals surface area contributed by atoms with Gasteiger partial charge in [0.25, 0.3) is 11.8 Å². The Labute approximate surface area is 285 Å². The summed E-state index contributed by atoms with van der Waals surface area (Å²) in [6.45, 7) is 6.69. The molecule has 0 N–H and O–H groups in total. The van der Waals surface area contributed by atoms with E-state index in [1.165, 1.54) is 7.11 Å². The van der Waals surface area contributed by atoms with Crippen molar-refractivity contribution in [2.24, 2.45) is 5.92 Å². The Bertz CT molecular complexity index is 2140. The van der Waals surface area contributed by atoms with Gasteiger partial charge in [-0.25, -0.2) is 13.1 Å². The zero-order valence-electron chi connectivity index (χ0n) is 27.7. The second kappa shape index (κ2) is 13.6. The average Bonchev–Trinajstić information content (AvgIpc) is 3.68. The molecule has 49 heavy (non-hydrogen) atoms. The molecular weight excluding hydrogens is 641 g/mol. The number of para-hydroxylation sites is 1. The average molecular weight is 677 g/mol. The number of carbonyl (C=O) groups excluding carboxylic acids is 2. The highest BCUT2D eigenvalue weighted by molar-refractivity contribution is 7.91. The number of aryl methyl sites for hydroxylation is 1. The molecule has 1 saturated heterocycles. The summed E-state index contributed by atoms with van der Waals surface area (Å²) >= 11 is 0. The molecule has 0 radical (unpaired) electrons. The molecule has 3 aromatic carbocycles. The van der Waals surface area contributed by atoms with Crippen molar-refractivity contribution in [3.8, 4) is 34.5 Å². The van der Waals surface area contributed by atoms with Gasteiger partial charge in [0.1, 0.15) is 23.1 Å². The van der Waals surface area contributed by atoms with Crippen LogP contribution in [0.5, 0.6) is 11.5 Å². The summed E-state index contributed by atoms with van der Waals surface area (Å²) in [7, 11) is -1.93. The van der Waals surface area contributed by atoms with Crippen molar-refractivity contribution < 1.29 is 27.5 Å². The van der Waals surface area contributed by atoms with Crippen molar-refractivity contribution in [1.29, 1.82) is 5.26 Å². The maximum absolute atomic E-state index is 14.5. The van der Waals surface area contributed by atoms with Crippen LogP contribution in [0.25, 0.3) is 28.6 Å². The van der Waals surface area contributed by atoms with Crippen molar-refractivity contribution in [3.63, 3.8) is 0 Å². The van der Waals surface area contributed by atoms with E-state index in [1.807, 2.05) is 61.5 Å². The number of sulfone groups is 1. The van der Waals surface area contributed by atoms with Crippen LogP contribution in [-0.4, -0.2) is 66.2 Å². The number of ether oxygens (including phenoxy) is 2. The summed E-state index contributed by atoms with van der Waals surface area (Å²) in [5, 5.41) is 15.3. The Morgan fingerprint density at radius 2 is 1.73 bits per heavy atom. The molecule has 2 aliphatic rings. The minimum atomic E-state index is -3.45. The molecule has 250 valence electrons. The van der Waals surface area contributed by atoms with Gasteiger partial charge in [-0.15, -0.1) is 0 Å². The van der Waals surface area contributed by atoms with Crippen molar-refractivity contribution in [2.45, 2.75) is 33.2 Å². The smallest absolute Gasteiger partial charge is 0.272 e. The summed E-state index contributed by atoms with van der Waals surface area (Å²) in [6, 6.07) is 23.2. The largest absolute Gasteiger partial charge is 0.497 e. The van der Waals surface area contributed by atoms with Gasteiger partial charge in [-0.05, 0) is 78.9 Å². The summed E-state index contributed by atoms with van der Waals surface area (Å²) in [6.07, 6.45) is 3.54. The predicted molar refractivity (Wildman–Crippen MR) is 186 cm³/mol. The fourth-order valence-electron chi connectivity index (χ4n) is 6.10. The lowest BCUT2D eigenvalue weighted by molar-refractivity contribution is -0.142. The van der Waals surface area contributed by atoms with E-state index < -0.39 is 27.7 Å². The normalized spacial score (nSPS) is 18.3. The van der Waals surface area contributed by atoms with Crippen molar-refractivity contribution in [1.82, 2.24) is 14.7 Å². The Kier molecular flexibility index (Phi) is 9.26. The fourth-order valence-corrected chi connectivity index (χ4v) is 7.80. The second-order valence-corrected chi connectivity index (χ2v) is 14.8. The third kappa shape index (κ3) is 6.78. The number of rotatable bonds is 9. The number of hydrogen-bond acceptors (Lipinski definition) is 8. The van der Waals surface area contributed by atoms with Crippen LogP contribution in [0.4, 0.5) is 0 Å². The summed E-state index contributed by atoms with van der Waals surface area (Å²) in [4.78, 5) is 29.3. The molecule has 2 amide bonds. The molecule has 2 aliphatic heterocycles. The van der Waals surface area contributed by atoms with E-state index in [0.717, 1.165) is 27.5 Å². The topological polar surface area (TPSA) is 132 Å². The van der Waals surface area contributed by atoms with Crippen LogP contribution in [-0.2, 0) is 19.4 Å². The predicted octanol–water partition coefficient (Wildman–Crippen LogP) is 5.81. The molecule has 1 atom stereocenters. The summed E-state index contributed by atoms with van der Waals surface area (Å²) < 4.78 is 38.0. The molecule has 1 unspecified atom stereocenters. The van der Waals surface area contributed by atoms with E-state index >= 15 is 0 Å². The van der Waals surface area contributed by atoms with Gasteiger partial charge in [0.15, 0.2) is 9.84 Å². The maximum Gasteiger partial charge on any atom is 0.272 e. The van der Waals surface area contributed by atoms with Crippen molar-refractivity contribution in [2.75, 3.05) is 25.2 Å². The van der Waals surface area contributed by atoms with Crippen molar-refractivity contribution >= 4 is 33.3 Å². The lowest BCUT2D eigenvalue weighted by atomic mass is 9.86. The lowest BCUT2D eigenvalue weighted by Gasteiger charge is -2.32. The Balaban J connectivity index is 1.56. The molecule has 1 aromatic heterocycles. The van der Waals surface area contributed by atoms with Gasteiger partial charge in [0.05, 0.1) is 48.2 Å². The van der Waals surface area contributed by atoms with Gasteiger partial charge < -0.3 is 9.47 Å². The van der Waals surface area contributed by atoms with E-state index in [9.17, 15) is 23.3 Å². The summed E-state index contributed by atoms with van der Waals surface area (Å²) in [5.41, 5.74) is 4.02. The zero-order chi connectivity index (χ0) is 34.9. The van der Waals surface area contributed by atoms with Crippen molar-refractivity contribution in [3.05, 3.63) is 107 Å². The number of methoxy groups -OCH3 is 1. The van der Waals surface area contributed by atoms with Crippen LogP contribution in [0.1, 0.15) is 37.0 Å². The van der Waals surface area contributed by atoms with E-state index in [1.54, 1.807) is 41.2 Å². The van der Waals surface area contributed by atoms with Crippen LogP contribution in [0.3, 0.4) is 0 Å². The lowest BCUT2D eigenvalue weighted by Crippen LogP contribution is -2.49. The Morgan fingerprint density at radius 3 is 2.35 bits per heavy atom. The molecule has 4 aromatic rings. The highest BCUT2D eigenvalue weighted by atomic mass is 32.2. The molecule has 1 fully saturated rings. The highest BCUT2D eigenvalue weighted by Gasteiger charge is 2.45. The van der Waals surface area contributed by atoms with Gasteiger partial charge in [0, 0.05) is 22.9 Å². The number of amides is 2. The number of nitriles is 1. The second-order valence-electron chi connectivity index (χ2n) is 12.6. The monoisotopic (exact) mass is 676 g/mol. The van der Waals surface area contributed by atoms with Gasteiger partial charge >= 0.3 is 0 Å². The van der Waals surface area contributed by atoms with E-state index in [0.29, 0.717) is 35.1 Å². The van der Waals surface area contributed by atoms with E-state index in [-0.39, 0.29) is 34.6 Å². The number of benzene rings is 3. The first-order valence-electron chi connectivity index (χ1n) is 16.0. The molecule has 0 spiro atoms. The fraction of sp³-hybridized carbons (Fsp3) is 0.263. The third-order valence-corrected chi connectivity index (χ3v) is 10.3. The van der Waals surface area contributed by atoms with Crippen LogP contribution in [0.2, 0.25) is 0 Å². The van der Waals surface area contributed by atoms with Gasteiger partial charge in [-0.3, -0.25) is 14.5 Å². The Hall–Kier alpha value is -5.47. The van der Waals surface area contributed by atoms with Gasteiger partial charge in [0.2, 0.25) is 0 Å². The molecule has 6 rings (SSSR count). The van der Waals surface area contributed by atoms with Gasteiger partial charge in [-0.2, -0.15) is 10.4 Å². The first kappa shape index (κ1) is 33.4. The number of carbonyl (C=O) groups is 2. The minimum Gasteiger partial charge on any atom is -0.497 e. The third-order valence-electron chi connectivity index (χ3n) is 8.55. The number of hydrogen-bond donors (Lipinski definition) is 0. The number of imide groups is 1. The molecular formula is C38H36N4O6S. The Morgan fingerprint density at radius 1 is 1.02 bits per heavy atom. The van der Waals surface area contributed by atoms with Crippen LogP contribution in [0.15, 0.2) is 90.1 Å². The summed E-state index contributed by atoms with van der Waals surface area (Å²) in [5.74, 6) is -0.317. The van der Waals surface area contributed by atoms with Crippen LogP contribution in [0, 0.1) is 24.2 Å². The highest BCUT2D eigenvalue weighted by Crippen LogP contribution is 2.39. The molecule has 0 saturated carbocycles.